The number of carbonyl (C=O) groups is 1. The third-order valence-electron chi connectivity index (χ3n) is 6.37. The molecular formula is C29H42N2O7. The predicted octanol–water partition coefficient (Wildman–Crippen LogP) is 4.08. The average Bonchev–Trinajstić information content (AvgIpc) is 3.22. The topological polar surface area (TPSA) is 78.9 Å². The highest BCUT2D eigenvalue weighted by molar-refractivity contribution is 5.76. The normalized spacial score (nSPS) is 13.5. The Morgan fingerprint density at radius 1 is 0.605 bits per heavy atom. The molecule has 9 heteroatoms. The van der Waals surface area contributed by atoms with Gasteiger partial charge in [-0.15, -0.1) is 0 Å². The monoisotopic (exact) mass is 530 g/mol. The van der Waals surface area contributed by atoms with Gasteiger partial charge in [0.25, 0.3) is 0 Å². The van der Waals surface area contributed by atoms with E-state index in [2.05, 4.69) is 24.3 Å². The maximum Gasteiger partial charge on any atom is 0.320 e. The molecule has 38 heavy (non-hydrogen) atoms. The molecule has 2 aromatic carbocycles. The minimum Gasteiger partial charge on any atom is -0.491 e. The van der Waals surface area contributed by atoms with Gasteiger partial charge in [-0.3, -0.25) is 0 Å². The molecule has 210 valence electrons. The molecule has 0 aliphatic carbocycles. The summed E-state index contributed by atoms with van der Waals surface area (Å²) in [5.41, 5.74) is 6.15. The van der Waals surface area contributed by atoms with Gasteiger partial charge >= 0.3 is 6.03 Å². The van der Waals surface area contributed by atoms with Crippen LogP contribution in [0.15, 0.2) is 24.3 Å². The Morgan fingerprint density at radius 3 is 1.21 bits per heavy atom. The summed E-state index contributed by atoms with van der Waals surface area (Å²) in [7, 11) is 6.66. The van der Waals surface area contributed by atoms with E-state index in [0.29, 0.717) is 65.8 Å². The van der Waals surface area contributed by atoms with Crippen molar-refractivity contribution in [3.05, 3.63) is 57.6 Å². The van der Waals surface area contributed by atoms with Crippen molar-refractivity contribution in [3.63, 3.8) is 0 Å². The van der Waals surface area contributed by atoms with Crippen LogP contribution < -0.4 is 9.47 Å². The van der Waals surface area contributed by atoms with Crippen molar-refractivity contribution >= 4 is 6.03 Å². The van der Waals surface area contributed by atoms with E-state index < -0.39 is 0 Å². The first-order valence-corrected chi connectivity index (χ1v) is 12.9. The van der Waals surface area contributed by atoms with Crippen LogP contribution in [0.3, 0.4) is 0 Å². The lowest BCUT2D eigenvalue weighted by molar-refractivity contribution is 0.159. The summed E-state index contributed by atoms with van der Waals surface area (Å²) in [6, 6.07) is 8.24. The molecule has 1 heterocycles. The molecule has 0 bridgehead atoms. The molecule has 0 spiro atoms. The number of hydrogen-bond acceptors (Lipinski definition) is 7. The molecule has 0 aromatic heterocycles. The Balaban J connectivity index is 1.55. The van der Waals surface area contributed by atoms with Crippen LogP contribution in [0.1, 0.15) is 33.4 Å². The highest BCUT2D eigenvalue weighted by atomic mass is 16.5. The zero-order valence-corrected chi connectivity index (χ0v) is 23.6. The van der Waals surface area contributed by atoms with E-state index in [0.717, 1.165) is 44.9 Å². The Kier molecular flexibility index (Phi) is 11.7. The minimum absolute atomic E-state index is 0.00604. The lowest BCUT2D eigenvalue weighted by atomic mass is 10.1. The Bertz CT molecular complexity index is 924. The zero-order valence-electron chi connectivity index (χ0n) is 23.6. The van der Waals surface area contributed by atoms with Crippen molar-refractivity contribution in [2.75, 3.05) is 67.8 Å². The van der Waals surface area contributed by atoms with Gasteiger partial charge < -0.3 is 38.2 Å². The maximum atomic E-state index is 13.0. The molecule has 0 unspecified atom stereocenters. The first-order valence-electron chi connectivity index (χ1n) is 12.9. The largest absolute Gasteiger partial charge is 0.491 e. The van der Waals surface area contributed by atoms with Gasteiger partial charge in [-0.1, -0.05) is 35.4 Å². The van der Waals surface area contributed by atoms with E-state index in [1.807, 2.05) is 23.6 Å². The summed E-state index contributed by atoms with van der Waals surface area (Å²) in [5, 5.41) is 0. The molecule has 1 aliphatic rings. The van der Waals surface area contributed by atoms with Crippen LogP contribution in [-0.2, 0) is 45.4 Å². The molecule has 0 radical (unpaired) electrons. The van der Waals surface area contributed by atoms with E-state index in [9.17, 15) is 4.79 Å². The molecule has 0 atom stereocenters. The maximum absolute atomic E-state index is 13.0. The summed E-state index contributed by atoms with van der Waals surface area (Å²) >= 11 is 0. The number of methoxy groups -OCH3 is 4. The van der Waals surface area contributed by atoms with Crippen LogP contribution in [0, 0.1) is 13.8 Å². The first-order chi connectivity index (χ1) is 18.4. The van der Waals surface area contributed by atoms with E-state index in [4.69, 9.17) is 28.4 Å². The zero-order chi connectivity index (χ0) is 27.5. The summed E-state index contributed by atoms with van der Waals surface area (Å²) in [4.78, 5) is 16.7. The van der Waals surface area contributed by atoms with Crippen LogP contribution in [0.2, 0.25) is 0 Å². The van der Waals surface area contributed by atoms with E-state index in [1.54, 1.807) is 28.4 Å². The van der Waals surface area contributed by atoms with Crippen LogP contribution in [0.4, 0.5) is 4.79 Å². The van der Waals surface area contributed by atoms with Crippen molar-refractivity contribution in [2.45, 2.75) is 40.3 Å². The van der Waals surface area contributed by atoms with Gasteiger partial charge in [-0.2, -0.15) is 0 Å². The third kappa shape index (κ3) is 7.83. The fraction of sp³-hybridized carbons (Fsp3) is 0.552. The molecule has 9 nitrogen and oxygen atoms in total. The number of ether oxygens (including phenoxy) is 6. The Hall–Kier alpha value is -2.85. The van der Waals surface area contributed by atoms with Crippen molar-refractivity contribution in [1.82, 2.24) is 9.80 Å². The van der Waals surface area contributed by atoms with Crippen LogP contribution in [0.5, 0.6) is 11.5 Å². The minimum atomic E-state index is -0.00604. The Morgan fingerprint density at radius 2 is 0.921 bits per heavy atom. The second kappa shape index (κ2) is 14.9. The highest BCUT2D eigenvalue weighted by Gasteiger charge is 2.28. The summed E-state index contributed by atoms with van der Waals surface area (Å²) in [6.45, 7) is 8.94. The van der Waals surface area contributed by atoms with Gasteiger partial charge in [0, 0.05) is 63.8 Å². The van der Waals surface area contributed by atoms with Gasteiger partial charge in [-0.05, 0) is 13.8 Å². The second-order valence-corrected chi connectivity index (χ2v) is 9.51. The van der Waals surface area contributed by atoms with Gasteiger partial charge in [0.1, 0.15) is 24.7 Å². The van der Waals surface area contributed by atoms with Gasteiger partial charge in [-0.25, -0.2) is 4.79 Å². The molecule has 2 aromatic rings. The van der Waals surface area contributed by atoms with Crippen molar-refractivity contribution < 1.29 is 33.2 Å². The van der Waals surface area contributed by atoms with Gasteiger partial charge in [0.15, 0.2) is 0 Å². The Labute approximate surface area is 226 Å². The molecule has 1 aliphatic heterocycles. The molecule has 0 saturated carbocycles. The van der Waals surface area contributed by atoms with Crippen LogP contribution >= 0.6 is 0 Å². The van der Waals surface area contributed by atoms with Crippen molar-refractivity contribution in [2.24, 2.45) is 0 Å². The summed E-state index contributed by atoms with van der Waals surface area (Å²) in [6.07, 6.45) is 0. The standard InChI is InChI=1S/C29H42N2O7/c1-21-13-23(17-33-3)27(24(14-21)18-34-4)37-11-9-30-7-8-31(29(30)32)10-12-38-28-25(19-35-5)15-22(2)16-26(28)20-36-6/h13-16H,7-12,17-20H2,1-6H3. The third-order valence-corrected chi connectivity index (χ3v) is 6.37. The van der Waals surface area contributed by atoms with E-state index in [1.165, 1.54) is 0 Å². The van der Waals surface area contributed by atoms with Crippen LogP contribution in [-0.4, -0.2) is 83.7 Å². The smallest absolute Gasteiger partial charge is 0.320 e. The summed E-state index contributed by atoms with van der Waals surface area (Å²) in [5.74, 6) is 1.54. The first kappa shape index (κ1) is 29.7. The number of urea groups is 1. The lowest BCUT2D eigenvalue weighted by Gasteiger charge is -2.21. The van der Waals surface area contributed by atoms with Gasteiger partial charge in [0.2, 0.25) is 0 Å². The molecule has 1 saturated heterocycles. The average molecular weight is 531 g/mol. The number of rotatable bonds is 16. The molecule has 0 N–H and O–H groups in total. The SMILES string of the molecule is COCc1cc(C)cc(COC)c1OCCN1CCN(CCOc2c(COC)cc(C)cc2COC)C1=O. The fourth-order valence-electron chi connectivity index (χ4n) is 4.84. The fourth-order valence-corrected chi connectivity index (χ4v) is 4.84. The van der Waals surface area contributed by atoms with Crippen molar-refractivity contribution in [1.29, 1.82) is 0 Å². The molecular weight excluding hydrogens is 488 g/mol. The molecule has 1 fully saturated rings. The number of hydrogen-bond donors (Lipinski definition) is 0. The number of nitrogens with zero attached hydrogens (tertiary/aromatic N) is 2. The number of amides is 2. The number of carbonyl (C=O) groups excluding carboxylic acids is 1. The predicted molar refractivity (Wildman–Crippen MR) is 145 cm³/mol. The van der Waals surface area contributed by atoms with Gasteiger partial charge in [0.05, 0.1) is 39.5 Å². The lowest BCUT2D eigenvalue weighted by Crippen LogP contribution is -2.36. The highest BCUT2D eigenvalue weighted by Crippen LogP contribution is 2.29. The number of aryl methyl sites for hydroxylation is 2. The van der Waals surface area contributed by atoms with Crippen LogP contribution in [0.25, 0.3) is 0 Å². The number of benzene rings is 2. The van der Waals surface area contributed by atoms with E-state index in [-0.39, 0.29) is 6.03 Å². The molecule has 2 amide bonds. The van der Waals surface area contributed by atoms with E-state index >= 15 is 0 Å². The quantitative estimate of drug-likeness (QED) is 0.324. The van der Waals surface area contributed by atoms with Crippen molar-refractivity contribution in [3.8, 4) is 11.5 Å². The summed E-state index contributed by atoms with van der Waals surface area (Å²) < 4.78 is 33.8. The molecule has 3 rings (SSSR count). The second-order valence-electron chi connectivity index (χ2n) is 9.51.